The zero-order valence-corrected chi connectivity index (χ0v) is 16.8. The SMILES string of the molecule is C[C@@H]1CC(N(C)S(=O)(=O)CCC(F)(F)F)C[C@@H]1c1cnc2cnc3[nH]ccc3n12. The van der Waals surface area contributed by atoms with Crippen LogP contribution in [0.1, 0.15) is 37.8 Å². The molecule has 0 saturated heterocycles. The van der Waals surface area contributed by atoms with Crippen molar-refractivity contribution >= 4 is 26.8 Å². The molecule has 0 aliphatic heterocycles. The maximum absolute atomic E-state index is 12.5. The Morgan fingerprint density at radius 2 is 2.03 bits per heavy atom. The molecule has 0 spiro atoms. The molecular formula is C18H22F3N5O2S. The van der Waals surface area contributed by atoms with Gasteiger partial charge in [0.2, 0.25) is 10.0 Å². The van der Waals surface area contributed by atoms with Crippen LogP contribution in [0.3, 0.4) is 0 Å². The van der Waals surface area contributed by atoms with Crippen LogP contribution in [0.5, 0.6) is 0 Å². The average molecular weight is 429 g/mol. The molecule has 3 atom stereocenters. The van der Waals surface area contributed by atoms with E-state index in [4.69, 9.17) is 0 Å². The van der Waals surface area contributed by atoms with E-state index in [1.165, 1.54) is 7.05 Å². The van der Waals surface area contributed by atoms with Gasteiger partial charge in [-0.25, -0.2) is 22.7 Å². The summed E-state index contributed by atoms with van der Waals surface area (Å²) >= 11 is 0. The Bertz CT molecular complexity index is 1140. The molecule has 0 bridgehead atoms. The van der Waals surface area contributed by atoms with Gasteiger partial charge in [0.25, 0.3) is 0 Å². The first-order valence-corrected chi connectivity index (χ1v) is 11.0. The first kappa shape index (κ1) is 20.1. The lowest BCUT2D eigenvalue weighted by molar-refractivity contribution is -0.130. The molecule has 3 aromatic rings. The van der Waals surface area contributed by atoms with Crippen molar-refractivity contribution in [1.29, 1.82) is 0 Å². The van der Waals surface area contributed by atoms with Crippen LogP contribution in [-0.4, -0.2) is 57.1 Å². The van der Waals surface area contributed by atoms with Crippen molar-refractivity contribution in [2.75, 3.05) is 12.8 Å². The molecule has 4 rings (SSSR count). The van der Waals surface area contributed by atoms with E-state index in [0.717, 1.165) is 21.2 Å². The van der Waals surface area contributed by atoms with E-state index in [9.17, 15) is 21.6 Å². The summed E-state index contributed by atoms with van der Waals surface area (Å²) in [7, 11) is -2.60. The number of nitrogens with one attached hydrogen (secondary N) is 1. The number of fused-ring (bicyclic) bond motifs is 3. The molecule has 1 aliphatic carbocycles. The van der Waals surface area contributed by atoms with Gasteiger partial charge in [0, 0.05) is 37.1 Å². The van der Waals surface area contributed by atoms with Gasteiger partial charge in [-0.2, -0.15) is 13.2 Å². The second-order valence-corrected chi connectivity index (χ2v) is 9.90. The van der Waals surface area contributed by atoms with Gasteiger partial charge in [-0.3, -0.25) is 4.40 Å². The largest absolute Gasteiger partial charge is 0.390 e. The van der Waals surface area contributed by atoms with Gasteiger partial charge in [-0.15, -0.1) is 0 Å². The number of halogens is 3. The van der Waals surface area contributed by atoms with Crippen LogP contribution in [0.15, 0.2) is 24.7 Å². The molecule has 0 aromatic carbocycles. The summed E-state index contributed by atoms with van der Waals surface area (Å²) in [5.41, 5.74) is 3.28. The molecule has 1 unspecified atom stereocenters. The van der Waals surface area contributed by atoms with Crippen molar-refractivity contribution in [2.45, 2.75) is 44.3 Å². The lowest BCUT2D eigenvalue weighted by Gasteiger charge is -2.24. The monoisotopic (exact) mass is 429 g/mol. The summed E-state index contributed by atoms with van der Waals surface area (Å²) in [6, 6.07) is 1.56. The molecular weight excluding hydrogens is 407 g/mol. The summed E-state index contributed by atoms with van der Waals surface area (Å²) in [6.07, 6.45) is 0.538. The summed E-state index contributed by atoms with van der Waals surface area (Å²) in [4.78, 5) is 11.8. The third-order valence-corrected chi connectivity index (χ3v) is 7.80. The van der Waals surface area contributed by atoms with Crippen LogP contribution >= 0.6 is 0 Å². The van der Waals surface area contributed by atoms with Crippen LogP contribution in [0, 0.1) is 5.92 Å². The van der Waals surface area contributed by atoms with Gasteiger partial charge in [-0.1, -0.05) is 6.92 Å². The highest BCUT2D eigenvalue weighted by Crippen LogP contribution is 2.42. The lowest BCUT2D eigenvalue weighted by Crippen LogP contribution is -2.38. The van der Waals surface area contributed by atoms with E-state index in [0.29, 0.717) is 18.5 Å². The quantitative estimate of drug-likeness (QED) is 0.675. The van der Waals surface area contributed by atoms with Crippen LogP contribution < -0.4 is 0 Å². The van der Waals surface area contributed by atoms with Crippen molar-refractivity contribution in [1.82, 2.24) is 23.7 Å². The fraction of sp³-hybridized carbons (Fsp3) is 0.556. The minimum atomic E-state index is -4.49. The minimum absolute atomic E-state index is 0.0377. The third kappa shape index (κ3) is 3.73. The first-order valence-electron chi connectivity index (χ1n) is 9.39. The predicted molar refractivity (Wildman–Crippen MR) is 102 cm³/mol. The predicted octanol–water partition coefficient (Wildman–Crippen LogP) is 3.31. The second-order valence-electron chi connectivity index (χ2n) is 7.75. The van der Waals surface area contributed by atoms with E-state index >= 15 is 0 Å². The summed E-state index contributed by atoms with van der Waals surface area (Å²) in [5, 5.41) is 0. The zero-order valence-electron chi connectivity index (χ0n) is 16.0. The number of rotatable bonds is 5. The lowest BCUT2D eigenvalue weighted by atomic mass is 9.95. The highest BCUT2D eigenvalue weighted by Gasteiger charge is 2.40. The number of aromatic amines is 1. The molecule has 0 radical (unpaired) electrons. The summed E-state index contributed by atoms with van der Waals surface area (Å²) in [6.45, 7) is 2.04. The van der Waals surface area contributed by atoms with Crippen LogP contribution in [0.4, 0.5) is 13.2 Å². The molecule has 3 aromatic heterocycles. The molecule has 7 nitrogen and oxygen atoms in total. The van der Waals surface area contributed by atoms with E-state index in [1.807, 2.05) is 17.4 Å². The zero-order chi connectivity index (χ0) is 21.0. The minimum Gasteiger partial charge on any atom is -0.345 e. The topological polar surface area (TPSA) is 83.4 Å². The molecule has 1 aliphatic rings. The van der Waals surface area contributed by atoms with Gasteiger partial charge in [0.15, 0.2) is 11.3 Å². The van der Waals surface area contributed by atoms with E-state index in [-0.39, 0.29) is 17.9 Å². The highest BCUT2D eigenvalue weighted by molar-refractivity contribution is 7.89. The normalized spacial score (nSPS) is 23.6. The Kier molecular flexibility index (Phi) is 4.85. The molecule has 3 heterocycles. The Morgan fingerprint density at radius 1 is 1.28 bits per heavy atom. The number of aromatic nitrogens is 4. The van der Waals surface area contributed by atoms with Crippen molar-refractivity contribution in [2.24, 2.45) is 5.92 Å². The fourth-order valence-corrected chi connectivity index (χ4v) is 5.70. The second kappa shape index (κ2) is 6.98. The summed E-state index contributed by atoms with van der Waals surface area (Å²) in [5.74, 6) is -0.730. The number of hydrogen-bond acceptors (Lipinski definition) is 4. The summed E-state index contributed by atoms with van der Waals surface area (Å²) < 4.78 is 65.4. The Labute approximate surface area is 166 Å². The van der Waals surface area contributed by atoms with Crippen molar-refractivity contribution in [3.05, 3.63) is 30.4 Å². The Morgan fingerprint density at radius 3 is 2.76 bits per heavy atom. The van der Waals surface area contributed by atoms with Crippen molar-refractivity contribution < 1.29 is 21.6 Å². The number of sulfonamides is 1. The number of hydrogen-bond donors (Lipinski definition) is 1. The molecule has 1 saturated carbocycles. The molecule has 1 fully saturated rings. The average Bonchev–Trinajstić information content (AvgIpc) is 3.35. The van der Waals surface area contributed by atoms with Gasteiger partial charge in [0.1, 0.15) is 0 Å². The third-order valence-electron chi connectivity index (χ3n) is 5.90. The fourth-order valence-electron chi connectivity index (χ4n) is 4.29. The molecule has 1 N–H and O–H groups in total. The maximum Gasteiger partial charge on any atom is 0.390 e. The smallest absolute Gasteiger partial charge is 0.345 e. The van der Waals surface area contributed by atoms with Gasteiger partial charge in [-0.05, 0) is 24.8 Å². The van der Waals surface area contributed by atoms with E-state index in [1.54, 1.807) is 18.6 Å². The standard InChI is InChI=1S/C18H22F3N5O2S/c1-11-7-12(25(2)29(27,28)6-4-18(19,20)21)8-13(11)15-9-23-16-10-24-17-14(26(15)16)3-5-22-17/h3,5,9-13,22H,4,6-8H2,1-2H3/t11-,12?,13+/m1/s1. The van der Waals surface area contributed by atoms with Crippen LogP contribution in [0.2, 0.25) is 0 Å². The highest BCUT2D eigenvalue weighted by atomic mass is 32.2. The van der Waals surface area contributed by atoms with E-state index in [2.05, 4.69) is 15.0 Å². The van der Waals surface area contributed by atoms with Crippen molar-refractivity contribution in [3.63, 3.8) is 0 Å². The molecule has 0 amide bonds. The van der Waals surface area contributed by atoms with Crippen LogP contribution in [-0.2, 0) is 10.0 Å². The molecule has 11 heteroatoms. The van der Waals surface area contributed by atoms with E-state index < -0.39 is 28.4 Å². The molecule has 158 valence electrons. The molecule has 29 heavy (non-hydrogen) atoms. The van der Waals surface area contributed by atoms with Crippen LogP contribution in [0.25, 0.3) is 16.8 Å². The Hall–Kier alpha value is -2.14. The van der Waals surface area contributed by atoms with Gasteiger partial charge >= 0.3 is 6.18 Å². The number of H-pyrrole nitrogens is 1. The van der Waals surface area contributed by atoms with Gasteiger partial charge < -0.3 is 4.98 Å². The maximum atomic E-state index is 12.5. The number of imidazole rings is 1. The first-order chi connectivity index (χ1) is 13.6. The van der Waals surface area contributed by atoms with Gasteiger partial charge in [0.05, 0.1) is 23.9 Å². The number of nitrogens with zero attached hydrogens (tertiary/aromatic N) is 4. The Balaban J connectivity index is 1.59. The van der Waals surface area contributed by atoms with Crippen molar-refractivity contribution in [3.8, 4) is 0 Å². The number of alkyl halides is 3.